The summed E-state index contributed by atoms with van der Waals surface area (Å²) in [6, 6.07) is -0.0123. The topological polar surface area (TPSA) is 89.5 Å². The Kier molecular flexibility index (Phi) is 5.96. The molecule has 1 saturated heterocycles. The van der Waals surface area contributed by atoms with E-state index in [1.165, 1.54) is 5.56 Å². The van der Waals surface area contributed by atoms with Crippen LogP contribution in [0.3, 0.4) is 0 Å². The van der Waals surface area contributed by atoms with Crippen LogP contribution in [0, 0.1) is 13.8 Å². The van der Waals surface area contributed by atoms with E-state index in [1.54, 1.807) is 7.11 Å². The van der Waals surface area contributed by atoms with Crippen LogP contribution in [-0.4, -0.2) is 69.0 Å². The molecule has 0 spiro atoms. The quantitative estimate of drug-likeness (QED) is 0.751. The summed E-state index contributed by atoms with van der Waals surface area (Å²) in [4.78, 5) is 16.9. The van der Waals surface area contributed by atoms with E-state index < -0.39 is 0 Å². The lowest BCUT2D eigenvalue weighted by Gasteiger charge is -2.35. The average molecular weight is 402 g/mol. The number of fused-ring (bicyclic) bond motifs is 1. The van der Waals surface area contributed by atoms with Crippen LogP contribution >= 0.6 is 0 Å². The van der Waals surface area contributed by atoms with Crippen LogP contribution in [0.15, 0.2) is 4.52 Å². The minimum Gasteiger partial charge on any atom is -0.375 e. The fraction of sp³-hybridized carbons (Fsp3) is 0.700. The number of ether oxygens (including phenoxy) is 1. The molecule has 0 aromatic carbocycles. The largest absolute Gasteiger partial charge is 0.375 e. The molecule has 0 aliphatic carbocycles. The van der Waals surface area contributed by atoms with Gasteiger partial charge in [0.15, 0.2) is 5.82 Å². The van der Waals surface area contributed by atoms with Crippen LogP contribution in [0.2, 0.25) is 0 Å². The van der Waals surface area contributed by atoms with Gasteiger partial charge in [-0.25, -0.2) is 0 Å². The Balaban J connectivity index is 1.50. The number of hydrogen-bond acceptors (Lipinski definition) is 7. The monoisotopic (exact) mass is 402 g/mol. The summed E-state index contributed by atoms with van der Waals surface area (Å²) in [5.74, 6) is 2.85. The van der Waals surface area contributed by atoms with E-state index in [2.05, 4.69) is 24.8 Å². The van der Waals surface area contributed by atoms with E-state index in [0.29, 0.717) is 0 Å². The first-order valence-corrected chi connectivity index (χ1v) is 10.4. The molecule has 158 valence electrons. The van der Waals surface area contributed by atoms with E-state index in [1.807, 2.05) is 18.7 Å². The van der Waals surface area contributed by atoms with Crippen molar-refractivity contribution in [3.8, 4) is 0 Å². The third kappa shape index (κ3) is 4.06. The van der Waals surface area contributed by atoms with Crippen molar-refractivity contribution in [2.24, 2.45) is 0 Å². The number of aryl methyl sites for hydroxylation is 2. The van der Waals surface area contributed by atoms with Crippen LogP contribution < -0.4 is 0 Å². The number of carbonyl (C=O) groups is 1. The molecule has 29 heavy (non-hydrogen) atoms. The Hall–Kier alpha value is -2.26. The number of aromatic nitrogens is 4. The molecule has 4 rings (SSSR count). The highest BCUT2D eigenvalue weighted by atomic mass is 16.5. The zero-order valence-corrected chi connectivity index (χ0v) is 17.6. The van der Waals surface area contributed by atoms with Crippen molar-refractivity contribution < 1.29 is 14.1 Å². The van der Waals surface area contributed by atoms with Gasteiger partial charge in [0.1, 0.15) is 18.2 Å². The van der Waals surface area contributed by atoms with Crippen molar-refractivity contribution in [3.05, 3.63) is 28.7 Å². The zero-order valence-electron chi connectivity index (χ0n) is 17.6. The van der Waals surface area contributed by atoms with Crippen LogP contribution in [0.1, 0.15) is 54.0 Å². The summed E-state index contributed by atoms with van der Waals surface area (Å²) in [7, 11) is 1.56. The Morgan fingerprint density at radius 2 is 2.03 bits per heavy atom. The smallest absolute Gasteiger partial charge is 0.249 e. The average Bonchev–Trinajstić information content (AvgIpc) is 3.20. The van der Waals surface area contributed by atoms with Gasteiger partial charge in [0.2, 0.25) is 5.91 Å². The summed E-state index contributed by atoms with van der Waals surface area (Å²) in [5, 5.41) is 13.1. The lowest BCUT2D eigenvalue weighted by atomic mass is 10.0. The molecule has 9 heteroatoms. The van der Waals surface area contributed by atoms with Crippen LogP contribution in [0.5, 0.6) is 0 Å². The second kappa shape index (κ2) is 8.62. The lowest BCUT2D eigenvalue weighted by molar-refractivity contribution is -0.139. The standard InChI is InChI=1S/C20H30N6O3/c1-14-16(15(2)29-23-14)12-24-9-7-18-21-22-20(26(18)11-10-24)17-6-4-5-8-25(17)19(27)13-28-3/h17H,4-13H2,1-3H3/t17-/m0/s1. The summed E-state index contributed by atoms with van der Waals surface area (Å²) in [6.45, 7) is 8.30. The normalized spacial score (nSPS) is 20.5. The van der Waals surface area contributed by atoms with Crippen LogP contribution in [-0.2, 0) is 29.0 Å². The van der Waals surface area contributed by atoms with Gasteiger partial charge < -0.3 is 18.7 Å². The summed E-state index contributed by atoms with van der Waals surface area (Å²) in [6.07, 6.45) is 3.89. The Morgan fingerprint density at radius 3 is 2.79 bits per heavy atom. The highest BCUT2D eigenvalue weighted by Crippen LogP contribution is 2.31. The van der Waals surface area contributed by atoms with Crippen molar-refractivity contribution in [2.75, 3.05) is 33.4 Å². The van der Waals surface area contributed by atoms with Gasteiger partial charge in [-0.2, -0.15) is 0 Å². The maximum Gasteiger partial charge on any atom is 0.249 e. The molecule has 0 N–H and O–H groups in total. The van der Waals surface area contributed by atoms with Crippen molar-refractivity contribution in [1.82, 2.24) is 29.7 Å². The van der Waals surface area contributed by atoms with Crippen molar-refractivity contribution in [3.63, 3.8) is 0 Å². The molecule has 2 aromatic heterocycles. The zero-order chi connectivity index (χ0) is 20.4. The molecule has 4 heterocycles. The van der Waals surface area contributed by atoms with Crippen molar-refractivity contribution in [2.45, 2.75) is 58.7 Å². The molecule has 0 unspecified atom stereocenters. The number of rotatable bonds is 5. The van der Waals surface area contributed by atoms with Crippen LogP contribution in [0.25, 0.3) is 0 Å². The lowest BCUT2D eigenvalue weighted by Crippen LogP contribution is -2.41. The minimum absolute atomic E-state index is 0.0123. The summed E-state index contributed by atoms with van der Waals surface area (Å²) < 4.78 is 12.6. The first-order chi connectivity index (χ1) is 14.1. The van der Waals surface area contributed by atoms with E-state index in [-0.39, 0.29) is 18.6 Å². The number of carbonyl (C=O) groups excluding carboxylic acids is 1. The molecule has 2 aliphatic heterocycles. The van der Waals surface area contributed by atoms with Gasteiger partial charge in [-0.3, -0.25) is 9.69 Å². The molecule has 1 atom stereocenters. The SMILES string of the molecule is COCC(=O)N1CCCC[C@H]1c1nnc2n1CCN(Cc1c(C)noc1C)CC2. The fourth-order valence-electron chi connectivity index (χ4n) is 4.45. The maximum absolute atomic E-state index is 12.6. The molecule has 2 aromatic rings. The van der Waals surface area contributed by atoms with Gasteiger partial charge in [0, 0.05) is 51.8 Å². The Labute approximate surface area is 171 Å². The predicted molar refractivity (Wildman–Crippen MR) is 105 cm³/mol. The fourth-order valence-corrected chi connectivity index (χ4v) is 4.45. The van der Waals surface area contributed by atoms with Gasteiger partial charge in [0.25, 0.3) is 0 Å². The molecule has 0 radical (unpaired) electrons. The Bertz CT molecular complexity index is 841. The third-order valence-electron chi connectivity index (χ3n) is 6.10. The number of likely N-dealkylation sites (tertiary alicyclic amines) is 1. The molecule has 0 bridgehead atoms. The van der Waals surface area contributed by atoms with Gasteiger partial charge in [0.05, 0.1) is 11.7 Å². The molecular formula is C20H30N6O3. The van der Waals surface area contributed by atoms with Crippen molar-refractivity contribution >= 4 is 5.91 Å². The molecule has 9 nitrogen and oxygen atoms in total. The number of methoxy groups -OCH3 is 1. The molecular weight excluding hydrogens is 372 g/mol. The predicted octanol–water partition coefficient (Wildman–Crippen LogP) is 1.64. The number of piperidine rings is 1. The second-order valence-corrected chi connectivity index (χ2v) is 7.99. The van der Waals surface area contributed by atoms with E-state index >= 15 is 0 Å². The van der Waals surface area contributed by atoms with Gasteiger partial charge in [-0.15, -0.1) is 10.2 Å². The van der Waals surface area contributed by atoms with Gasteiger partial charge in [-0.1, -0.05) is 5.16 Å². The van der Waals surface area contributed by atoms with Gasteiger partial charge >= 0.3 is 0 Å². The number of hydrogen-bond donors (Lipinski definition) is 0. The van der Waals surface area contributed by atoms with E-state index in [0.717, 1.165) is 81.5 Å². The third-order valence-corrected chi connectivity index (χ3v) is 6.10. The highest BCUT2D eigenvalue weighted by Gasteiger charge is 2.33. The van der Waals surface area contributed by atoms with E-state index in [9.17, 15) is 4.79 Å². The van der Waals surface area contributed by atoms with E-state index in [4.69, 9.17) is 9.26 Å². The van der Waals surface area contributed by atoms with Gasteiger partial charge in [-0.05, 0) is 33.1 Å². The first kappa shape index (κ1) is 20.0. The minimum atomic E-state index is -0.0123. The van der Waals surface area contributed by atoms with Crippen LogP contribution in [0.4, 0.5) is 0 Å². The first-order valence-electron chi connectivity index (χ1n) is 10.4. The number of amides is 1. The molecule has 1 fully saturated rings. The summed E-state index contributed by atoms with van der Waals surface area (Å²) >= 11 is 0. The summed E-state index contributed by atoms with van der Waals surface area (Å²) in [5.41, 5.74) is 2.13. The number of nitrogens with zero attached hydrogens (tertiary/aromatic N) is 6. The highest BCUT2D eigenvalue weighted by molar-refractivity contribution is 5.78. The van der Waals surface area contributed by atoms with Crippen molar-refractivity contribution in [1.29, 1.82) is 0 Å². The molecule has 1 amide bonds. The molecule has 2 aliphatic rings. The second-order valence-electron chi connectivity index (χ2n) is 7.99. The Morgan fingerprint density at radius 1 is 1.17 bits per heavy atom. The molecule has 0 saturated carbocycles. The maximum atomic E-state index is 12.6.